The number of methoxy groups -OCH3 is 2. The van der Waals surface area contributed by atoms with Gasteiger partial charge in [-0.05, 0) is 58.7 Å². The number of hydrogen-bond acceptors (Lipinski definition) is 7. The summed E-state index contributed by atoms with van der Waals surface area (Å²) >= 11 is 0. The van der Waals surface area contributed by atoms with Crippen molar-refractivity contribution in [3.8, 4) is 11.5 Å². The summed E-state index contributed by atoms with van der Waals surface area (Å²) in [5, 5.41) is 13.0. The minimum Gasteiger partial charge on any atom is -0.497 e. The molecule has 1 saturated carbocycles. The fourth-order valence-corrected chi connectivity index (χ4v) is 5.54. The molecule has 0 N–H and O–H groups in total. The lowest BCUT2D eigenvalue weighted by atomic mass is 9.93. The van der Waals surface area contributed by atoms with E-state index in [0.717, 1.165) is 55.1 Å². The smallest absolute Gasteiger partial charge is 0.173 e. The second kappa shape index (κ2) is 12.5. The molecule has 2 fully saturated rings. The van der Waals surface area contributed by atoms with Crippen LogP contribution in [0.25, 0.3) is 0 Å². The molecule has 1 aliphatic carbocycles. The van der Waals surface area contributed by atoms with Gasteiger partial charge in [0.1, 0.15) is 11.5 Å². The van der Waals surface area contributed by atoms with E-state index >= 15 is 0 Å². The number of benzene rings is 2. The summed E-state index contributed by atoms with van der Waals surface area (Å²) in [5.74, 6) is 2.57. The zero-order valence-corrected chi connectivity index (χ0v) is 22.1. The molecule has 0 radical (unpaired) electrons. The summed E-state index contributed by atoms with van der Waals surface area (Å²) in [7, 11) is 3.38. The zero-order chi connectivity index (χ0) is 24.0. The van der Waals surface area contributed by atoms with Crippen LogP contribution in [-0.4, -0.2) is 76.4 Å². The van der Waals surface area contributed by atoms with Crippen LogP contribution in [0.4, 0.5) is 0 Å². The number of hydrogen-bond donors (Lipinski definition) is 0. The van der Waals surface area contributed by atoms with Crippen LogP contribution in [0.5, 0.6) is 11.5 Å². The van der Waals surface area contributed by atoms with E-state index in [0.29, 0.717) is 6.54 Å². The van der Waals surface area contributed by atoms with Gasteiger partial charge in [-0.1, -0.05) is 43.5 Å². The average molecular weight is 513 g/mol. The maximum atomic E-state index is 5.41. The minimum absolute atomic E-state index is 0. The Kier molecular flexibility index (Phi) is 9.18. The number of tetrazole rings is 1. The lowest BCUT2D eigenvalue weighted by Gasteiger charge is -2.43. The van der Waals surface area contributed by atoms with Crippen molar-refractivity contribution >= 4 is 12.4 Å². The highest BCUT2D eigenvalue weighted by Crippen LogP contribution is 2.31. The van der Waals surface area contributed by atoms with Crippen molar-refractivity contribution in [3.63, 3.8) is 0 Å². The third-order valence-corrected chi connectivity index (χ3v) is 7.53. The van der Waals surface area contributed by atoms with Gasteiger partial charge >= 0.3 is 0 Å². The molecule has 1 aromatic heterocycles. The van der Waals surface area contributed by atoms with Gasteiger partial charge in [0.15, 0.2) is 5.82 Å². The topological polar surface area (TPSA) is 68.5 Å². The van der Waals surface area contributed by atoms with Gasteiger partial charge in [0.25, 0.3) is 0 Å². The average Bonchev–Trinajstić information content (AvgIpc) is 3.38. The van der Waals surface area contributed by atoms with E-state index in [1.165, 1.54) is 37.7 Å². The van der Waals surface area contributed by atoms with E-state index in [2.05, 4.69) is 49.6 Å². The van der Waals surface area contributed by atoms with Crippen molar-refractivity contribution in [1.29, 1.82) is 0 Å². The molecule has 1 saturated heterocycles. The van der Waals surface area contributed by atoms with E-state index < -0.39 is 0 Å². The molecule has 0 bridgehead atoms. The molecule has 9 heteroatoms. The summed E-state index contributed by atoms with van der Waals surface area (Å²) in [6.07, 6.45) is 6.84. The predicted octanol–water partition coefficient (Wildman–Crippen LogP) is 4.20. The van der Waals surface area contributed by atoms with E-state index in [4.69, 9.17) is 9.47 Å². The Balaban J connectivity index is 0.00000304. The Labute approximate surface area is 220 Å². The molecular formula is C27H37ClN6O2. The summed E-state index contributed by atoms with van der Waals surface area (Å²) in [4.78, 5) is 5.25. The molecule has 2 heterocycles. The van der Waals surface area contributed by atoms with Crippen LogP contribution in [0.2, 0.25) is 0 Å². The Hall–Kier alpha value is -2.68. The van der Waals surface area contributed by atoms with Crippen molar-refractivity contribution < 1.29 is 9.47 Å². The van der Waals surface area contributed by atoms with Gasteiger partial charge in [-0.3, -0.25) is 9.80 Å². The highest BCUT2D eigenvalue weighted by atomic mass is 35.5. The van der Waals surface area contributed by atoms with Crippen LogP contribution in [-0.2, 0) is 6.54 Å². The first-order valence-electron chi connectivity index (χ1n) is 12.8. The van der Waals surface area contributed by atoms with E-state index in [1.807, 2.05) is 28.9 Å². The molecule has 1 unspecified atom stereocenters. The minimum atomic E-state index is -0.0114. The van der Waals surface area contributed by atoms with Crippen molar-refractivity contribution in [3.05, 3.63) is 65.5 Å². The highest BCUT2D eigenvalue weighted by molar-refractivity contribution is 5.85. The van der Waals surface area contributed by atoms with Crippen LogP contribution >= 0.6 is 12.4 Å². The molecule has 2 aliphatic rings. The van der Waals surface area contributed by atoms with Crippen LogP contribution < -0.4 is 9.47 Å². The van der Waals surface area contributed by atoms with Gasteiger partial charge < -0.3 is 9.47 Å². The first-order chi connectivity index (χ1) is 17.2. The molecule has 194 valence electrons. The van der Waals surface area contributed by atoms with Gasteiger partial charge in [-0.2, -0.15) is 0 Å². The van der Waals surface area contributed by atoms with Crippen molar-refractivity contribution in [2.75, 3.05) is 40.4 Å². The SMILES string of the molecule is COc1ccc(Cn2nnnc2C(c2ccc(OC)cc2)N2CCN(C3CCCCC3)CC2)cc1.Cl. The molecular weight excluding hydrogens is 476 g/mol. The molecule has 0 spiro atoms. The largest absolute Gasteiger partial charge is 0.497 e. The molecule has 8 nitrogen and oxygen atoms in total. The molecule has 0 amide bonds. The predicted molar refractivity (Wildman–Crippen MR) is 142 cm³/mol. The molecule has 1 aliphatic heterocycles. The first-order valence-corrected chi connectivity index (χ1v) is 12.8. The Bertz CT molecular complexity index is 1060. The van der Waals surface area contributed by atoms with Crippen LogP contribution in [0.3, 0.4) is 0 Å². The third kappa shape index (κ3) is 5.99. The fourth-order valence-electron chi connectivity index (χ4n) is 5.54. The lowest BCUT2D eigenvalue weighted by Crippen LogP contribution is -2.52. The standard InChI is InChI=1S/C27H36N6O2.ClH/c1-34-24-12-8-21(9-13-24)20-33-27(28-29-30-33)26(22-10-14-25(35-2)15-11-22)32-18-16-31(17-19-32)23-6-4-3-5-7-23;/h8-15,23,26H,3-7,16-20H2,1-2H3;1H. The number of aromatic nitrogens is 4. The molecule has 5 rings (SSSR count). The third-order valence-electron chi connectivity index (χ3n) is 7.53. The van der Waals surface area contributed by atoms with Crippen LogP contribution in [0.1, 0.15) is 55.1 Å². The van der Waals surface area contributed by atoms with Crippen molar-refractivity contribution in [2.45, 2.75) is 50.7 Å². The van der Waals surface area contributed by atoms with Gasteiger partial charge in [0.2, 0.25) is 0 Å². The van der Waals surface area contributed by atoms with Gasteiger partial charge in [-0.25, -0.2) is 4.68 Å². The molecule has 2 aromatic carbocycles. The number of halogens is 1. The Morgan fingerprint density at radius 3 is 2.06 bits per heavy atom. The van der Waals surface area contributed by atoms with Crippen LogP contribution in [0, 0.1) is 0 Å². The fraction of sp³-hybridized carbons (Fsp3) is 0.519. The monoisotopic (exact) mass is 512 g/mol. The first kappa shape index (κ1) is 26.4. The van der Waals surface area contributed by atoms with Crippen LogP contribution in [0.15, 0.2) is 48.5 Å². The molecule has 3 aromatic rings. The molecule has 36 heavy (non-hydrogen) atoms. The Morgan fingerprint density at radius 2 is 1.44 bits per heavy atom. The lowest BCUT2D eigenvalue weighted by molar-refractivity contribution is 0.0620. The summed E-state index contributed by atoms with van der Waals surface area (Å²) < 4.78 is 12.7. The van der Waals surface area contributed by atoms with Crippen molar-refractivity contribution in [1.82, 2.24) is 30.0 Å². The van der Waals surface area contributed by atoms with Gasteiger partial charge in [-0.15, -0.1) is 17.5 Å². The number of nitrogens with zero attached hydrogens (tertiary/aromatic N) is 6. The second-order valence-electron chi connectivity index (χ2n) is 9.58. The van der Waals surface area contributed by atoms with Gasteiger partial charge in [0, 0.05) is 32.2 Å². The second-order valence-corrected chi connectivity index (χ2v) is 9.58. The summed E-state index contributed by atoms with van der Waals surface area (Å²) in [6.45, 7) is 4.81. The maximum Gasteiger partial charge on any atom is 0.173 e. The van der Waals surface area contributed by atoms with E-state index in [1.54, 1.807) is 14.2 Å². The number of ether oxygens (including phenoxy) is 2. The van der Waals surface area contributed by atoms with Crippen molar-refractivity contribution in [2.24, 2.45) is 0 Å². The number of rotatable bonds is 8. The van der Waals surface area contributed by atoms with E-state index in [9.17, 15) is 0 Å². The quantitative estimate of drug-likeness (QED) is 0.448. The Morgan fingerprint density at radius 1 is 0.833 bits per heavy atom. The summed E-state index contributed by atoms with van der Waals surface area (Å²) in [6, 6.07) is 17.2. The normalized spacial score (nSPS) is 18.4. The van der Waals surface area contributed by atoms with Gasteiger partial charge in [0.05, 0.1) is 26.8 Å². The highest BCUT2D eigenvalue weighted by Gasteiger charge is 2.32. The molecule has 1 atom stereocenters. The number of piperazine rings is 1. The summed E-state index contributed by atoms with van der Waals surface area (Å²) in [5.41, 5.74) is 2.32. The maximum absolute atomic E-state index is 5.41. The zero-order valence-electron chi connectivity index (χ0n) is 21.3. The van der Waals surface area contributed by atoms with E-state index in [-0.39, 0.29) is 18.4 Å².